The van der Waals surface area contributed by atoms with Crippen LogP contribution < -0.4 is 5.32 Å². The van der Waals surface area contributed by atoms with Crippen molar-refractivity contribution in [1.82, 2.24) is 4.31 Å². The van der Waals surface area contributed by atoms with Crippen molar-refractivity contribution >= 4 is 38.3 Å². The summed E-state index contributed by atoms with van der Waals surface area (Å²) in [6.07, 6.45) is 1.47. The van der Waals surface area contributed by atoms with E-state index in [4.69, 9.17) is 5.26 Å². The maximum Gasteiger partial charge on any atom is 0.240 e. The first-order chi connectivity index (χ1) is 11.4. The molecule has 0 bridgehead atoms. The molecule has 8 heteroatoms. The van der Waals surface area contributed by atoms with Crippen LogP contribution in [0.3, 0.4) is 0 Å². The van der Waals surface area contributed by atoms with Gasteiger partial charge in [-0.1, -0.05) is 30.3 Å². The van der Waals surface area contributed by atoms with E-state index in [1.54, 1.807) is 35.7 Å². The van der Waals surface area contributed by atoms with Crippen molar-refractivity contribution in [3.05, 3.63) is 58.3 Å². The van der Waals surface area contributed by atoms with Crippen LogP contribution in [0.1, 0.15) is 11.1 Å². The Kier molecular flexibility index (Phi) is 5.87. The van der Waals surface area contributed by atoms with E-state index in [0.29, 0.717) is 10.6 Å². The van der Waals surface area contributed by atoms with Gasteiger partial charge in [-0.15, -0.1) is 11.3 Å². The van der Waals surface area contributed by atoms with Gasteiger partial charge in [0.2, 0.25) is 15.9 Å². The van der Waals surface area contributed by atoms with E-state index in [2.05, 4.69) is 5.32 Å². The largest absolute Gasteiger partial charge is 0.315 e. The third-order valence-corrected chi connectivity index (χ3v) is 5.38. The number of amides is 1. The minimum absolute atomic E-state index is 0.343. The smallest absolute Gasteiger partial charge is 0.240 e. The standard InChI is InChI=1S/C16H15N3O3S2/c1-19(12-15(20)18-16-14(11-17)7-9-23-16)24(21,22)10-8-13-5-3-2-4-6-13/h2-10H,12H2,1H3,(H,18,20). The van der Waals surface area contributed by atoms with E-state index in [1.165, 1.54) is 24.5 Å². The van der Waals surface area contributed by atoms with Gasteiger partial charge in [0.1, 0.15) is 11.1 Å². The highest BCUT2D eigenvalue weighted by molar-refractivity contribution is 7.92. The predicted octanol–water partition coefficient (Wildman–Crippen LogP) is 2.49. The molecule has 1 aromatic carbocycles. The van der Waals surface area contributed by atoms with Crippen molar-refractivity contribution in [2.75, 3.05) is 18.9 Å². The fourth-order valence-corrected chi connectivity index (χ4v) is 3.37. The second kappa shape index (κ2) is 7.88. The summed E-state index contributed by atoms with van der Waals surface area (Å²) in [6.45, 7) is -0.343. The first kappa shape index (κ1) is 17.9. The van der Waals surface area contributed by atoms with Gasteiger partial charge in [0.05, 0.1) is 12.1 Å². The zero-order valence-electron chi connectivity index (χ0n) is 12.8. The summed E-state index contributed by atoms with van der Waals surface area (Å²) >= 11 is 1.21. The number of sulfonamides is 1. The zero-order valence-corrected chi connectivity index (χ0v) is 14.5. The van der Waals surface area contributed by atoms with Crippen LogP contribution in [0, 0.1) is 11.3 Å². The van der Waals surface area contributed by atoms with E-state index in [0.717, 1.165) is 15.3 Å². The average Bonchev–Trinajstić information content (AvgIpc) is 3.01. The fraction of sp³-hybridized carbons (Fsp3) is 0.125. The molecule has 2 rings (SSSR count). The summed E-state index contributed by atoms with van der Waals surface area (Å²) in [5.41, 5.74) is 1.10. The van der Waals surface area contributed by atoms with E-state index in [-0.39, 0.29) is 6.54 Å². The van der Waals surface area contributed by atoms with Gasteiger partial charge >= 0.3 is 0 Å². The third-order valence-electron chi connectivity index (χ3n) is 3.07. The molecule has 0 unspecified atom stereocenters. The number of anilines is 1. The van der Waals surface area contributed by atoms with Crippen molar-refractivity contribution in [2.24, 2.45) is 0 Å². The molecule has 124 valence electrons. The number of benzene rings is 1. The maximum absolute atomic E-state index is 12.2. The molecule has 2 aromatic rings. The number of thiophene rings is 1. The highest BCUT2D eigenvalue weighted by Crippen LogP contribution is 2.22. The number of likely N-dealkylation sites (N-methyl/N-ethyl adjacent to an activating group) is 1. The number of nitriles is 1. The highest BCUT2D eigenvalue weighted by atomic mass is 32.2. The lowest BCUT2D eigenvalue weighted by Gasteiger charge is -2.14. The summed E-state index contributed by atoms with van der Waals surface area (Å²) in [5, 5.41) is 14.6. The van der Waals surface area contributed by atoms with Crippen LogP contribution in [-0.2, 0) is 14.8 Å². The minimum atomic E-state index is -3.72. The first-order valence-electron chi connectivity index (χ1n) is 6.89. The monoisotopic (exact) mass is 361 g/mol. The third kappa shape index (κ3) is 4.76. The molecule has 1 N–H and O–H groups in total. The van der Waals surface area contributed by atoms with Crippen LogP contribution in [0.25, 0.3) is 6.08 Å². The number of nitrogens with zero attached hydrogens (tertiary/aromatic N) is 2. The van der Waals surface area contributed by atoms with E-state index >= 15 is 0 Å². The Morgan fingerprint density at radius 2 is 2.04 bits per heavy atom. The summed E-state index contributed by atoms with van der Waals surface area (Å²) in [5.74, 6) is -0.506. The lowest BCUT2D eigenvalue weighted by Crippen LogP contribution is -2.33. The summed E-state index contributed by atoms with van der Waals surface area (Å²) < 4.78 is 25.3. The molecule has 0 aliphatic carbocycles. The fourth-order valence-electron chi connectivity index (χ4n) is 1.79. The van der Waals surface area contributed by atoms with Crippen molar-refractivity contribution < 1.29 is 13.2 Å². The quantitative estimate of drug-likeness (QED) is 0.856. The van der Waals surface area contributed by atoms with Gasteiger partial charge in [-0.05, 0) is 23.1 Å². The first-order valence-corrected chi connectivity index (χ1v) is 9.27. The van der Waals surface area contributed by atoms with Gasteiger partial charge < -0.3 is 5.32 Å². The van der Waals surface area contributed by atoms with Crippen LogP contribution in [0.5, 0.6) is 0 Å². The Hall–Kier alpha value is -2.47. The molecule has 0 aliphatic heterocycles. The average molecular weight is 361 g/mol. The molecule has 0 fully saturated rings. The SMILES string of the molecule is CN(CC(=O)Nc1sccc1C#N)S(=O)(=O)C=Cc1ccccc1. The molecular formula is C16H15N3O3S2. The number of carbonyl (C=O) groups excluding carboxylic acids is 1. The molecule has 6 nitrogen and oxygen atoms in total. The molecule has 1 heterocycles. The number of rotatable bonds is 6. The Morgan fingerprint density at radius 3 is 2.71 bits per heavy atom. The normalized spacial score (nSPS) is 11.5. The number of nitrogens with one attached hydrogen (secondary N) is 1. The van der Waals surface area contributed by atoms with Gasteiger partial charge in [-0.2, -0.15) is 9.57 Å². The molecule has 0 aliphatic rings. The molecule has 0 radical (unpaired) electrons. The van der Waals surface area contributed by atoms with Crippen LogP contribution in [-0.4, -0.2) is 32.2 Å². The molecular weight excluding hydrogens is 346 g/mol. The number of hydrogen-bond acceptors (Lipinski definition) is 5. The maximum atomic E-state index is 12.2. The summed E-state index contributed by atoms with van der Waals surface area (Å²) in [7, 11) is -2.39. The van der Waals surface area contributed by atoms with E-state index in [9.17, 15) is 13.2 Å². The van der Waals surface area contributed by atoms with Crippen molar-refractivity contribution in [1.29, 1.82) is 5.26 Å². The molecule has 0 spiro atoms. The van der Waals surface area contributed by atoms with Crippen LogP contribution in [0.2, 0.25) is 0 Å². The van der Waals surface area contributed by atoms with Gasteiger partial charge in [0.25, 0.3) is 0 Å². The van der Waals surface area contributed by atoms with Crippen molar-refractivity contribution in [3.63, 3.8) is 0 Å². The van der Waals surface area contributed by atoms with Crippen molar-refractivity contribution in [3.8, 4) is 6.07 Å². The number of hydrogen-bond donors (Lipinski definition) is 1. The molecule has 0 saturated heterocycles. The topological polar surface area (TPSA) is 90.3 Å². The Balaban J connectivity index is 2.00. The predicted molar refractivity (Wildman–Crippen MR) is 94.7 cm³/mol. The van der Waals surface area contributed by atoms with Gasteiger partial charge in [-0.3, -0.25) is 4.79 Å². The lowest BCUT2D eigenvalue weighted by atomic mass is 10.2. The highest BCUT2D eigenvalue weighted by Gasteiger charge is 2.18. The van der Waals surface area contributed by atoms with Crippen LogP contribution in [0.15, 0.2) is 47.2 Å². The Morgan fingerprint density at radius 1 is 1.33 bits per heavy atom. The van der Waals surface area contributed by atoms with Gasteiger partial charge in [0, 0.05) is 12.5 Å². The van der Waals surface area contributed by atoms with E-state index < -0.39 is 15.9 Å². The number of carbonyl (C=O) groups is 1. The van der Waals surface area contributed by atoms with Crippen LogP contribution in [0.4, 0.5) is 5.00 Å². The molecule has 1 aromatic heterocycles. The zero-order chi connectivity index (χ0) is 17.6. The Labute approximate surface area is 144 Å². The lowest BCUT2D eigenvalue weighted by molar-refractivity contribution is -0.116. The second-order valence-corrected chi connectivity index (χ2v) is 7.68. The molecule has 0 saturated carbocycles. The van der Waals surface area contributed by atoms with Gasteiger partial charge in [-0.25, -0.2) is 8.42 Å². The minimum Gasteiger partial charge on any atom is -0.315 e. The molecule has 24 heavy (non-hydrogen) atoms. The van der Waals surface area contributed by atoms with Gasteiger partial charge in [0.15, 0.2) is 0 Å². The second-order valence-electron chi connectivity index (χ2n) is 4.84. The Bertz CT molecular complexity index is 881. The summed E-state index contributed by atoms with van der Waals surface area (Å²) in [4.78, 5) is 12.0. The molecule has 1 amide bonds. The van der Waals surface area contributed by atoms with E-state index in [1.807, 2.05) is 12.1 Å². The van der Waals surface area contributed by atoms with Crippen molar-refractivity contribution in [2.45, 2.75) is 0 Å². The van der Waals surface area contributed by atoms with Crippen LogP contribution >= 0.6 is 11.3 Å². The summed E-state index contributed by atoms with van der Waals surface area (Å²) in [6, 6.07) is 12.5. The molecule has 0 atom stereocenters.